The largest absolute Gasteiger partial charge is 0.398 e. The van der Waals surface area contributed by atoms with Crippen molar-refractivity contribution in [1.29, 1.82) is 0 Å². The summed E-state index contributed by atoms with van der Waals surface area (Å²) < 4.78 is 71.4. The molecule has 7 nitrogen and oxygen atoms in total. The van der Waals surface area contributed by atoms with E-state index in [1.54, 1.807) is 0 Å². The van der Waals surface area contributed by atoms with Gasteiger partial charge >= 0.3 is 0 Å². The lowest BCUT2D eigenvalue weighted by Crippen LogP contribution is -2.22. The molecule has 0 radical (unpaired) electrons. The highest BCUT2D eigenvalue weighted by molar-refractivity contribution is 7.90. The molecule has 0 bridgehead atoms. The van der Waals surface area contributed by atoms with E-state index in [1.807, 2.05) is 0 Å². The quantitative estimate of drug-likeness (QED) is 0.654. The van der Waals surface area contributed by atoms with Crippen LogP contribution >= 0.6 is 0 Å². The third kappa shape index (κ3) is 3.37. The first-order valence-corrected chi connectivity index (χ1v) is 7.71. The Morgan fingerprint density at radius 3 is 1.74 bits per heavy atom. The van der Waals surface area contributed by atoms with Crippen LogP contribution in [0.3, 0.4) is 0 Å². The molecule has 0 aliphatic rings. The first kappa shape index (κ1) is 15.8. The highest BCUT2D eigenvalue weighted by Gasteiger charge is 2.33. The van der Waals surface area contributed by atoms with Gasteiger partial charge in [-0.1, -0.05) is 0 Å². The Kier molecular flexibility index (Phi) is 3.62. The highest BCUT2D eigenvalue weighted by atomic mass is 32.2. The molecule has 0 saturated heterocycles. The molecule has 19 heavy (non-hydrogen) atoms. The van der Waals surface area contributed by atoms with Crippen LogP contribution in [0.5, 0.6) is 0 Å². The van der Waals surface area contributed by atoms with E-state index < -0.39 is 47.0 Å². The fourth-order valence-electron chi connectivity index (χ4n) is 1.40. The van der Waals surface area contributed by atoms with Crippen molar-refractivity contribution in [2.75, 3.05) is 5.73 Å². The van der Waals surface area contributed by atoms with Crippen molar-refractivity contribution in [2.24, 2.45) is 10.3 Å². The van der Waals surface area contributed by atoms with Crippen LogP contribution in [0.2, 0.25) is 0 Å². The van der Waals surface area contributed by atoms with Gasteiger partial charge in [0.05, 0.1) is 10.6 Å². The molecule has 1 aromatic rings. The van der Waals surface area contributed by atoms with Crippen molar-refractivity contribution >= 4 is 25.7 Å². The van der Waals surface area contributed by atoms with Gasteiger partial charge in [-0.3, -0.25) is 0 Å². The number of hydrogen-bond donors (Lipinski definition) is 3. The van der Waals surface area contributed by atoms with Gasteiger partial charge in [0.2, 0.25) is 20.0 Å². The van der Waals surface area contributed by atoms with Crippen molar-refractivity contribution in [2.45, 2.75) is 22.6 Å². The predicted octanol–water partition coefficient (Wildman–Crippen LogP) is -0.325. The van der Waals surface area contributed by atoms with E-state index in [0.717, 1.165) is 0 Å². The van der Waals surface area contributed by atoms with Crippen molar-refractivity contribution in [1.82, 2.24) is 0 Å². The van der Waals surface area contributed by atoms with Gasteiger partial charge in [0, 0.05) is 12.5 Å². The molecule has 108 valence electrons. The molecule has 0 aliphatic carbocycles. The summed E-state index contributed by atoms with van der Waals surface area (Å²) >= 11 is 0. The van der Waals surface area contributed by atoms with Gasteiger partial charge in [0.1, 0.15) is 4.90 Å². The van der Waals surface area contributed by atoms with Gasteiger partial charge < -0.3 is 5.73 Å². The Morgan fingerprint density at radius 2 is 1.42 bits per heavy atom. The van der Waals surface area contributed by atoms with Crippen LogP contribution in [-0.4, -0.2) is 16.8 Å². The second kappa shape index (κ2) is 4.37. The standard InChI is InChI=1S/C8H11F2N3O4S2/c1-8(9,10)4-2-5(11)7(19(13,16)17)3-6(4)18(12,14)15/h2-3H,11H2,1H3,(H2,12,14,15)(H2,13,16,17). The van der Waals surface area contributed by atoms with Crippen molar-refractivity contribution in [3.63, 3.8) is 0 Å². The number of anilines is 1. The molecule has 0 aliphatic heterocycles. The fourth-order valence-corrected chi connectivity index (χ4v) is 2.97. The van der Waals surface area contributed by atoms with E-state index in [1.165, 1.54) is 0 Å². The summed E-state index contributed by atoms with van der Waals surface area (Å²) in [4.78, 5) is -1.83. The summed E-state index contributed by atoms with van der Waals surface area (Å²) in [5, 5.41) is 9.58. The number of alkyl halides is 2. The zero-order valence-corrected chi connectivity index (χ0v) is 11.2. The van der Waals surface area contributed by atoms with Crippen LogP contribution < -0.4 is 16.0 Å². The summed E-state index contributed by atoms with van der Waals surface area (Å²) in [6.07, 6.45) is 0. The zero-order valence-electron chi connectivity index (χ0n) is 9.59. The molecule has 0 fully saturated rings. The summed E-state index contributed by atoms with van der Waals surface area (Å²) in [5.74, 6) is -3.58. The third-order valence-electron chi connectivity index (χ3n) is 2.20. The number of rotatable bonds is 3. The van der Waals surface area contributed by atoms with Gasteiger partial charge in [-0.25, -0.2) is 35.9 Å². The molecule has 0 aromatic heterocycles. The average Bonchev–Trinajstić information content (AvgIpc) is 2.11. The smallest absolute Gasteiger partial charge is 0.271 e. The number of sulfonamides is 2. The molecular weight excluding hydrogens is 304 g/mol. The molecule has 0 saturated carbocycles. The van der Waals surface area contributed by atoms with Crippen LogP contribution in [0.25, 0.3) is 0 Å². The normalized spacial score (nSPS) is 13.5. The number of hydrogen-bond acceptors (Lipinski definition) is 5. The van der Waals surface area contributed by atoms with Gasteiger partial charge in [-0.05, 0) is 12.1 Å². The summed E-state index contributed by atoms with van der Waals surface area (Å²) in [6, 6.07) is 0.951. The average molecular weight is 315 g/mol. The second-order valence-corrected chi connectivity index (χ2v) is 6.92. The van der Waals surface area contributed by atoms with E-state index in [2.05, 4.69) is 0 Å². The second-order valence-electron chi connectivity index (χ2n) is 3.86. The summed E-state index contributed by atoms with van der Waals surface area (Å²) in [7, 11) is -8.94. The number of primary sulfonamides is 2. The Morgan fingerprint density at radius 1 is 1.00 bits per heavy atom. The van der Waals surface area contributed by atoms with Gasteiger partial charge in [0.15, 0.2) is 0 Å². The molecule has 1 aromatic carbocycles. The highest BCUT2D eigenvalue weighted by Crippen LogP contribution is 2.35. The maximum Gasteiger partial charge on any atom is 0.271 e. The maximum absolute atomic E-state index is 13.3. The Balaban J connectivity index is 3.87. The number of halogens is 2. The molecule has 0 atom stereocenters. The lowest BCUT2D eigenvalue weighted by molar-refractivity contribution is 0.0144. The van der Waals surface area contributed by atoms with E-state index in [-0.39, 0.29) is 0 Å². The van der Waals surface area contributed by atoms with E-state index in [4.69, 9.17) is 16.0 Å². The van der Waals surface area contributed by atoms with Crippen molar-refractivity contribution in [3.8, 4) is 0 Å². The van der Waals surface area contributed by atoms with Gasteiger partial charge in [-0.2, -0.15) is 0 Å². The lowest BCUT2D eigenvalue weighted by atomic mass is 10.1. The Hall–Kier alpha value is -1.30. The van der Waals surface area contributed by atoms with Gasteiger partial charge in [0.25, 0.3) is 5.92 Å². The molecular formula is C8H11F2N3O4S2. The lowest BCUT2D eigenvalue weighted by Gasteiger charge is -2.17. The number of nitrogens with two attached hydrogens (primary N) is 3. The SMILES string of the molecule is CC(F)(F)c1cc(N)c(S(N)(=O)=O)cc1S(N)(=O)=O. The molecule has 0 spiro atoms. The van der Waals surface area contributed by atoms with E-state index in [0.29, 0.717) is 19.1 Å². The molecule has 0 unspecified atom stereocenters. The minimum atomic E-state index is -4.57. The minimum Gasteiger partial charge on any atom is -0.398 e. The molecule has 1 rings (SSSR count). The van der Waals surface area contributed by atoms with Crippen molar-refractivity contribution in [3.05, 3.63) is 17.7 Å². The molecule has 0 heterocycles. The first-order valence-electron chi connectivity index (χ1n) is 4.62. The first-order chi connectivity index (χ1) is 8.24. The van der Waals surface area contributed by atoms with Crippen LogP contribution in [0.4, 0.5) is 14.5 Å². The zero-order chi connectivity index (χ0) is 15.2. The maximum atomic E-state index is 13.3. The predicted molar refractivity (Wildman–Crippen MR) is 63.2 cm³/mol. The Labute approximate surface area is 108 Å². The van der Waals surface area contributed by atoms with Crippen LogP contribution in [-0.2, 0) is 26.0 Å². The summed E-state index contributed by atoms with van der Waals surface area (Å²) in [5.41, 5.74) is 3.70. The van der Waals surface area contributed by atoms with Crippen LogP contribution in [0.1, 0.15) is 12.5 Å². The van der Waals surface area contributed by atoms with Crippen LogP contribution in [0, 0.1) is 0 Å². The molecule has 6 N–H and O–H groups in total. The molecule has 0 amide bonds. The number of nitrogen functional groups attached to an aromatic ring is 1. The fraction of sp³-hybridized carbons (Fsp3) is 0.250. The topological polar surface area (TPSA) is 146 Å². The van der Waals surface area contributed by atoms with E-state index in [9.17, 15) is 25.6 Å². The summed E-state index contributed by atoms with van der Waals surface area (Å²) in [6.45, 7) is 0.424. The molecule has 11 heteroatoms. The van der Waals surface area contributed by atoms with Gasteiger partial charge in [-0.15, -0.1) is 0 Å². The monoisotopic (exact) mass is 315 g/mol. The van der Waals surface area contributed by atoms with Crippen LogP contribution in [0.15, 0.2) is 21.9 Å². The van der Waals surface area contributed by atoms with Crippen molar-refractivity contribution < 1.29 is 25.6 Å². The van der Waals surface area contributed by atoms with E-state index >= 15 is 0 Å². The Bertz CT molecular complexity index is 723. The minimum absolute atomic E-state index is 0.423. The number of benzene rings is 1. The third-order valence-corrected chi connectivity index (χ3v) is 4.12.